The first kappa shape index (κ1) is 11.7. The fraction of sp³-hybridized carbons (Fsp3) is 0.857. The molecule has 0 saturated heterocycles. The SMILES string of the molecule is CCCCOC(=O)[PH](=O)OCC. The zero-order valence-electron chi connectivity index (χ0n) is 7.46. The maximum atomic E-state index is 10.8. The van der Waals surface area contributed by atoms with E-state index in [0.717, 1.165) is 12.8 Å². The topological polar surface area (TPSA) is 52.6 Å². The standard InChI is InChI=1S/C7H15O4P/c1-3-5-6-10-7(8)12(9)11-4-2/h12H,3-6H2,1-2H3. The first-order valence-corrected chi connectivity index (χ1v) is 5.37. The summed E-state index contributed by atoms with van der Waals surface area (Å²) in [4.78, 5) is 10.8. The molecule has 0 radical (unpaired) electrons. The highest BCUT2D eigenvalue weighted by Gasteiger charge is 2.11. The van der Waals surface area contributed by atoms with Crippen molar-refractivity contribution in [3.63, 3.8) is 0 Å². The Morgan fingerprint density at radius 2 is 2.08 bits per heavy atom. The Hall–Kier alpha value is -0.340. The van der Waals surface area contributed by atoms with E-state index in [2.05, 4.69) is 9.26 Å². The summed E-state index contributed by atoms with van der Waals surface area (Å²) in [6.45, 7) is 4.28. The number of carbonyl (C=O) groups excluding carboxylic acids is 1. The van der Waals surface area contributed by atoms with E-state index >= 15 is 0 Å². The molecule has 0 aromatic carbocycles. The Balaban J connectivity index is 3.50. The Labute approximate surface area is 73.1 Å². The number of hydrogen-bond acceptors (Lipinski definition) is 4. The summed E-state index contributed by atoms with van der Waals surface area (Å²) in [7, 11) is -2.61. The summed E-state index contributed by atoms with van der Waals surface area (Å²) in [5, 5.41) is 0. The zero-order chi connectivity index (χ0) is 9.40. The van der Waals surface area contributed by atoms with Gasteiger partial charge in [0.05, 0.1) is 13.2 Å². The van der Waals surface area contributed by atoms with Gasteiger partial charge in [0.1, 0.15) is 0 Å². The summed E-state index contributed by atoms with van der Waals surface area (Å²) < 4.78 is 20.1. The van der Waals surface area contributed by atoms with E-state index in [1.807, 2.05) is 6.92 Å². The third-order valence-electron chi connectivity index (χ3n) is 1.17. The summed E-state index contributed by atoms with van der Waals surface area (Å²) in [6.07, 6.45) is 1.75. The molecule has 5 heteroatoms. The van der Waals surface area contributed by atoms with E-state index in [9.17, 15) is 9.36 Å². The molecule has 0 bridgehead atoms. The van der Waals surface area contributed by atoms with Crippen molar-refractivity contribution in [2.75, 3.05) is 13.2 Å². The molecule has 0 rings (SSSR count). The second-order valence-electron chi connectivity index (χ2n) is 2.21. The number of rotatable bonds is 6. The van der Waals surface area contributed by atoms with Crippen LogP contribution in [0.3, 0.4) is 0 Å². The molecule has 1 unspecified atom stereocenters. The Bertz CT molecular complexity index is 157. The van der Waals surface area contributed by atoms with Gasteiger partial charge in [0.2, 0.25) is 0 Å². The van der Waals surface area contributed by atoms with Crippen molar-refractivity contribution in [1.29, 1.82) is 0 Å². The number of ether oxygens (including phenoxy) is 1. The van der Waals surface area contributed by atoms with Crippen LogP contribution >= 0.6 is 8.03 Å². The highest BCUT2D eigenvalue weighted by molar-refractivity contribution is 7.58. The summed E-state index contributed by atoms with van der Waals surface area (Å²) in [5.41, 5.74) is -0.713. The van der Waals surface area contributed by atoms with Gasteiger partial charge in [0.15, 0.2) is 0 Å². The first-order valence-electron chi connectivity index (χ1n) is 4.06. The molecule has 72 valence electrons. The highest BCUT2D eigenvalue weighted by Crippen LogP contribution is 2.24. The molecule has 0 aliphatic rings. The van der Waals surface area contributed by atoms with Crippen LogP contribution in [0.1, 0.15) is 26.7 Å². The minimum Gasteiger partial charge on any atom is -0.459 e. The molecule has 0 N–H and O–H groups in total. The summed E-state index contributed by atoms with van der Waals surface area (Å²) in [5.74, 6) is 0. The van der Waals surface area contributed by atoms with Crippen LogP contribution in [0.15, 0.2) is 0 Å². The Morgan fingerprint density at radius 1 is 1.42 bits per heavy atom. The van der Waals surface area contributed by atoms with Crippen LogP contribution in [0, 0.1) is 0 Å². The number of hydrogen-bond donors (Lipinski definition) is 0. The van der Waals surface area contributed by atoms with E-state index in [-0.39, 0.29) is 6.61 Å². The van der Waals surface area contributed by atoms with Crippen molar-refractivity contribution >= 4 is 13.7 Å². The molecule has 4 nitrogen and oxygen atoms in total. The first-order chi connectivity index (χ1) is 5.72. The zero-order valence-corrected chi connectivity index (χ0v) is 8.46. The maximum absolute atomic E-state index is 10.8. The van der Waals surface area contributed by atoms with Gasteiger partial charge in [0.25, 0.3) is 8.03 Å². The van der Waals surface area contributed by atoms with E-state index in [4.69, 9.17) is 0 Å². The van der Waals surface area contributed by atoms with Crippen LogP contribution in [-0.2, 0) is 13.8 Å². The summed E-state index contributed by atoms with van der Waals surface area (Å²) in [6, 6.07) is 0. The quantitative estimate of drug-likeness (QED) is 0.481. The van der Waals surface area contributed by atoms with Gasteiger partial charge in [-0.1, -0.05) is 13.3 Å². The summed E-state index contributed by atoms with van der Waals surface area (Å²) >= 11 is 0. The van der Waals surface area contributed by atoms with Crippen molar-refractivity contribution in [2.45, 2.75) is 26.7 Å². The lowest BCUT2D eigenvalue weighted by Crippen LogP contribution is -2.00. The molecule has 1 atom stereocenters. The van der Waals surface area contributed by atoms with Crippen molar-refractivity contribution in [3.8, 4) is 0 Å². The van der Waals surface area contributed by atoms with Gasteiger partial charge in [0, 0.05) is 0 Å². The fourth-order valence-electron chi connectivity index (χ4n) is 0.558. The molecule has 0 heterocycles. The second-order valence-corrected chi connectivity index (χ2v) is 3.48. The van der Waals surface area contributed by atoms with Crippen molar-refractivity contribution in [3.05, 3.63) is 0 Å². The third-order valence-corrected chi connectivity index (χ3v) is 2.20. The highest BCUT2D eigenvalue weighted by atomic mass is 31.1. The van der Waals surface area contributed by atoms with Gasteiger partial charge in [-0.05, 0) is 13.3 Å². The van der Waals surface area contributed by atoms with Crippen LogP contribution in [0.4, 0.5) is 4.79 Å². The largest absolute Gasteiger partial charge is 0.459 e. The molecule has 12 heavy (non-hydrogen) atoms. The average molecular weight is 194 g/mol. The number of unbranched alkanes of at least 4 members (excludes halogenated alkanes) is 1. The van der Waals surface area contributed by atoms with Crippen LogP contribution in [0.2, 0.25) is 0 Å². The lowest BCUT2D eigenvalue weighted by atomic mass is 10.4. The van der Waals surface area contributed by atoms with Crippen molar-refractivity contribution in [2.24, 2.45) is 0 Å². The third kappa shape index (κ3) is 5.33. The van der Waals surface area contributed by atoms with Crippen LogP contribution in [-0.4, -0.2) is 18.9 Å². The Kier molecular flexibility index (Phi) is 7.11. The van der Waals surface area contributed by atoms with E-state index in [1.54, 1.807) is 6.92 Å². The molecule has 0 aromatic heterocycles. The van der Waals surface area contributed by atoms with Gasteiger partial charge >= 0.3 is 5.71 Å². The lowest BCUT2D eigenvalue weighted by Gasteiger charge is -2.02. The van der Waals surface area contributed by atoms with Crippen LogP contribution in [0.25, 0.3) is 0 Å². The van der Waals surface area contributed by atoms with Gasteiger partial charge in [-0.2, -0.15) is 0 Å². The lowest BCUT2D eigenvalue weighted by molar-refractivity contribution is 0.166. The second kappa shape index (κ2) is 7.32. The minimum atomic E-state index is -2.61. The Morgan fingerprint density at radius 3 is 2.58 bits per heavy atom. The fourth-order valence-corrected chi connectivity index (χ4v) is 1.16. The molecule has 0 aliphatic carbocycles. The molecule has 0 amide bonds. The predicted molar refractivity (Wildman–Crippen MR) is 46.9 cm³/mol. The van der Waals surface area contributed by atoms with E-state index in [0.29, 0.717) is 6.61 Å². The van der Waals surface area contributed by atoms with Gasteiger partial charge < -0.3 is 9.26 Å². The minimum absolute atomic E-state index is 0.278. The molecule has 0 fully saturated rings. The molecular weight excluding hydrogens is 179 g/mol. The predicted octanol–water partition coefficient (Wildman–Crippen LogP) is 2.43. The molecule has 0 aromatic rings. The molecule has 0 aliphatic heterocycles. The molecule has 0 spiro atoms. The van der Waals surface area contributed by atoms with Gasteiger partial charge in [-0.3, -0.25) is 4.57 Å². The van der Waals surface area contributed by atoms with Gasteiger partial charge in [-0.25, -0.2) is 4.79 Å². The number of carbonyl (C=O) groups is 1. The van der Waals surface area contributed by atoms with Crippen LogP contribution < -0.4 is 0 Å². The van der Waals surface area contributed by atoms with E-state index < -0.39 is 13.7 Å². The maximum Gasteiger partial charge on any atom is 0.388 e. The normalized spacial score (nSPS) is 12.5. The van der Waals surface area contributed by atoms with Crippen LogP contribution in [0.5, 0.6) is 0 Å². The van der Waals surface area contributed by atoms with Gasteiger partial charge in [-0.15, -0.1) is 0 Å². The molecule has 0 saturated carbocycles. The van der Waals surface area contributed by atoms with Crippen molar-refractivity contribution in [1.82, 2.24) is 0 Å². The smallest absolute Gasteiger partial charge is 0.388 e. The van der Waals surface area contributed by atoms with E-state index in [1.165, 1.54) is 0 Å². The van der Waals surface area contributed by atoms with Crippen molar-refractivity contribution < 1.29 is 18.6 Å². The monoisotopic (exact) mass is 194 g/mol. The molecular formula is C7H15O4P. The average Bonchev–Trinajstić information content (AvgIpc) is 2.05.